The van der Waals surface area contributed by atoms with E-state index in [1.807, 2.05) is 44.2 Å². The maximum atomic E-state index is 13.2. The summed E-state index contributed by atoms with van der Waals surface area (Å²) in [7, 11) is 1.57. The van der Waals surface area contributed by atoms with E-state index < -0.39 is 17.7 Å². The minimum atomic E-state index is -0.772. The lowest BCUT2D eigenvalue weighted by atomic mass is 9.94. The van der Waals surface area contributed by atoms with E-state index in [9.17, 15) is 14.7 Å². The molecule has 0 spiro atoms. The minimum Gasteiger partial charge on any atom is -0.507 e. The van der Waals surface area contributed by atoms with E-state index in [0.29, 0.717) is 29.4 Å². The summed E-state index contributed by atoms with van der Waals surface area (Å²) in [6.45, 7) is 4.26. The summed E-state index contributed by atoms with van der Waals surface area (Å²) in [4.78, 5) is 27.8. The summed E-state index contributed by atoms with van der Waals surface area (Å²) in [5, 5.41) is 11.2. The van der Waals surface area contributed by atoms with Gasteiger partial charge in [0.05, 0.1) is 25.3 Å². The number of Topliss-reactive ketones (excluding diaryl/α,β-unsaturated/α-hetero) is 1. The van der Waals surface area contributed by atoms with Gasteiger partial charge in [-0.3, -0.25) is 14.5 Å². The number of aryl methyl sites for hydroxylation is 1. The number of nitrogens with zero attached hydrogens (tertiary/aromatic N) is 1. The maximum absolute atomic E-state index is 13.2. The Bertz CT molecular complexity index is 1220. The third-order valence-electron chi connectivity index (χ3n) is 5.65. The number of carbonyl (C=O) groups is 2. The molecule has 6 heteroatoms. The lowest BCUT2D eigenvalue weighted by Crippen LogP contribution is -2.29. The zero-order valence-electron chi connectivity index (χ0n) is 18.7. The molecule has 1 aliphatic rings. The molecule has 1 fully saturated rings. The van der Waals surface area contributed by atoms with Crippen LogP contribution in [0.2, 0.25) is 0 Å². The van der Waals surface area contributed by atoms with Crippen LogP contribution in [-0.2, 0) is 9.59 Å². The molecule has 4 rings (SSSR count). The molecular formula is C27H25NO5. The third kappa shape index (κ3) is 4.07. The Kier molecular flexibility index (Phi) is 6.18. The van der Waals surface area contributed by atoms with E-state index in [4.69, 9.17) is 9.47 Å². The molecule has 0 bridgehead atoms. The predicted molar refractivity (Wildman–Crippen MR) is 127 cm³/mol. The molecule has 168 valence electrons. The van der Waals surface area contributed by atoms with Crippen LogP contribution in [0.25, 0.3) is 5.76 Å². The summed E-state index contributed by atoms with van der Waals surface area (Å²) in [6.07, 6.45) is 0. The molecule has 1 aliphatic heterocycles. The molecular weight excluding hydrogens is 418 g/mol. The minimum absolute atomic E-state index is 0.0460. The van der Waals surface area contributed by atoms with Crippen LogP contribution in [0.5, 0.6) is 11.5 Å². The summed E-state index contributed by atoms with van der Waals surface area (Å²) in [6, 6.07) is 20.6. The van der Waals surface area contributed by atoms with Gasteiger partial charge >= 0.3 is 0 Å². The monoisotopic (exact) mass is 443 g/mol. The zero-order valence-corrected chi connectivity index (χ0v) is 18.7. The number of methoxy groups -OCH3 is 1. The Morgan fingerprint density at radius 1 is 1.00 bits per heavy atom. The molecule has 0 aromatic heterocycles. The van der Waals surface area contributed by atoms with Crippen LogP contribution in [0.15, 0.2) is 78.4 Å². The lowest BCUT2D eigenvalue weighted by Gasteiger charge is -2.25. The van der Waals surface area contributed by atoms with Crippen molar-refractivity contribution in [3.8, 4) is 11.5 Å². The molecule has 1 saturated heterocycles. The number of hydrogen-bond acceptors (Lipinski definition) is 5. The van der Waals surface area contributed by atoms with Crippen molar-refractivity contribution >= 4 is 23.1 Å². The largest absolute Gasteiger partial charge is 0.507 e. The van der Waals surface area contributed by atoms with Gasteiger partial charge in [0.1, 0.15) is 17.3 Å². The fraction of sp³-hybridized carbons (Fsp3) is 0.185. The van der Waals surface area contributed by atoms with Gasteiger partial charge in [-0.25, -0.2) is 0 Å². The van der Waals surface area contributed by atoms with Crippen molar-refractivity contribution in [2.75, 3.05) is 18.6 Å². The van der Waals surface area contributed by atoms with Gasteiger partial charge in [-0.05, 0) is 67.4 Å². The zero-order chi connectivity index (χ0) is 23.5. The van der Waals surface area contributed by atoms with E-state index in [1.54, 1.807) is 49.6 Å². The average Bonchev–Trinajstić information content (AvgIpc) is 3.10. The highest BCUT2D eigenvalue weighted by molar-refractivity contribution is 6.51. The van der Waals surface area contributed by atoms with Crippen molar-refractivity contribution in [2.24, 2.45) is 0 Å². The number of amides is 1. The number of aliphatic hydroxyl groups excluding tert-OH is 1. The van der Waals surface area contributed by atoms with Crippen LogP contribution in [0, 0.1) is 6.92 Å². The van der Waals surface area contributed by atoms with Gasteiger partial charge < -0.3 is 14.6 Å². The van der Waals surface area contributed by atoms with Gasteiger partial charge in [-0.1, -0.05) is 30.3 Å². The van der Waals surface area contributed by atoms with Crippen LogP contribution in [0.4, 0.5) is 5.69 Å². The van der Waals surface area contributed by atoms with Crippen molar-refractivity contribution in [2.45, 2.75) is 19.9 Å². The Hall–Kier alpha value is -4.06. The maximum Gasteiger partial charge on any atom is 0.300 e. The van der Waals surface area contributed by atoms with Gasteiger partial charge in [0, 0.05) is 11.3 Å². The van der Waals surface area contributed by atoms with Crippen molar-refractivity contribution in [3.05, 3.63) is 95.1 Å². The Morgan fingerprint density at radius 3 is 2.30 bits per heavy atom. The van der Waals surface area contributed by atoms with Crippen molar-refractivity contribution in [3.63, 3.8) is 0 Å². The third-order valence-corrected chi connectivity index (χ3v) is 5.65. The summed E-state index contributed by atoms with van der Waals surface area (Å²) >= 11 is 0. The molecule has 1 unspecified atom stereocenters. The first-order chi connectivity index (χ1) is 16.0. The first-order valence-corrected chi connectivity index (χ1v) is 10.7. The molecule has 33 heavy (non-hydrogen) atoms. The highest BCUT2D eigenvalue weighted by atomic mass is 16.5. The van der Waals surface area contributed by atoms with Crippen LogP contribution < -0.4 is 14.4 Å². The molecule has 6 nitrogen and oxygen atoms in total. The average molecular weight is 443 g/mol. The number of anilines is 1. The highest BCUT2D eigenvalue weighted by Gasteiger charge is 2.46. The summed E-state index contributed by atoms with van der Waals surface area (Å²) in [5.41, 5.74) is 2.55. The predicted octanol–water partition coefficient (Wildman–Crippen LogP) is 5.03. The Balaban J connectivity index is 1.87. The van der Waals surface area contributed by atoms with Crippen molar-refractivity contribution in [1.29, 1.82) is 0 Å². The molecule has 1 N–H and O–H groups in total. The number of benzene rings is 3. The van der Waals surface area contributed by atoms with E-state index in [2.05, 4.69) is 0 Å². The van der Waals surface area contributed by atoms with Gasteiger partial charge in [0.2, 0.25) is 0 Å². The normalized spacial score (nSPS) is 17.3. The molecule has 1 heterocycles. The van der Waals surface area contributed by atoms with Crippen molar-refractivity contribution in [1.82, 2.24) is 0 Å². The number of ketones is 1. The molecule has 0 aliphatic carbocycles. The van der Waals surface area contributed by atoms with Gasteiger partial charge in [-0.2, -0.15) is 0 Å². The van der Waals surface area contributed by atoms with Crippen LogP contribution in [0.3, 0.4) is 0 Å². The van der Waals surface area contributed by atoms with Gasteiger partial charge in [-0.15, -0.1) is 0 Å². The smallest absolute Gasteiger partial charge is 0.300 e. The van der Waals surface area contributed by atoms with E-state index in [-0.39, 0.29) is 11.3 Å². The fourth-order valence-corrected chi connectivity index (χ4v) is 4.10. The first kappa shape index (κ1) is 22.1. The number of aliphatic hydroxyl groups is 1. The molecule has 1 atom stereocenters. The van der Waals surface area contributed by atoms with Crippen LogP contribution in [0.1, 0.15) is 29.7 Å². The van der Waals surface area contributed by atoms with E-state index >= 15 is 0 Å². The van der Waals surface area contributed by atoms with Gasteiger partial charge in [0.25, 0.3) is 11.7 Å². The fourth-order valence-electron chi connectivity index (χ4n) is 4.10. The molecule has 0 saturated carbocycles. The number of ether oxygens (including phenoxy) is 2. The quantitative estimate of drug-likeness (QED) is 0.329. The number of rotatable bonds is 6. The standard InChI is InChI=1S/C27H25NO5/c1-4-33-21-13-11-20(12-14-21)28-24(18-8-6-5-7-9-18)23(26(30)27(28)31)25(29)19-10-15-22(32-3)17(2)16-19/h5-16,24,29H,4H2,1-3H3/b25-23-. The van der Waals surface area contributed by atoms with E-state index in [0.717, 1.165) is 11.1 Å². The second-order valence-corrected chi connectivity index (χ2v) is 7.69. The van der Waals surface area contributed by atoms with E-state index in [1.165, 1.54) is 4.90 Å². The van der Waals surface area contributed by atoms with Crippen LogP contribution >= 0.6 is 0 Å². The second-order valence-electron chi connectivity index (χ2n) is 7.69. The van der Waals surface area contributed by atoms with Crippen LogP contribution in [-0.4, -0.2) is 30.5 Å². The summed E-state index contributed by atoms with van der Waals surface area (Å²) < 4.78 is 10.8. The lowest BCUT2D eigenvalue weighted by molar-refractivity contribution is -0.132. The van der Waals surface area contributed by atoms with Crippen molar-refractivity contribution < 1.29 is 24.2 Å². The molecule has 3 aromatic rings. The molecule has 3 aromatic carbocycles. The second kappa shape index (κ2) is 9.20. The topological polar surface area (TPSA) is 76.1 Å². The first-order valence-electron chi connectivity index (χ1n) is 10.7. The number of carbonyl (C=O) groups excluding carboxylic acids is 2. The number of hydrogen-bond donors (Lipinski definition) is 1. The Labute approximate surface area is 192 Å². The highest BCUT2D eigenvalue weighted by Crippen LogP contribution is 2.42. The van der Waals surface area contributed by atoms with Gasteiger partial charge in [0.15, 0.2) is 0 Å². The summed E-state index contributed by atoms with van der Waals surface area (Å²) in [5.74, 6) is -0.311. The Morgan fingerprint density at radius 2 is 1.70 bits per heavy atom. The molecule has 1 amide bonds. The SMILES string of the molecule is CCOc1ccc(N2C(=O)C(=O)/C(=C(\O)c3ccc(OC)c(C)c3)C2c2ccccc2)cc1. The molecule has 0 radical (unpaired) electrons.